The molecule has 0 aliphatic rings. The van der Waals surface area contributed by atoms with Gasteiger partial charge in [0.05, 0.1) is 4.75 Å². The van der Waals surface area contributed by atoms with Crippen LogP contribution in [0.2, 0.25) is 0 Å². The molecule has 2 nitrogen and oxygen atoms in total. The summed E-state index contributed by atoms with van der Waals surface area (Å²) < 4.78 is -0.388. The molecule has 28 heavy (non-hydrogen) atoms. The van der Waals surface area contributed by atoms with E-state index in [1.165, 1.54) is 16.7 Å². The lowest BCUT2D eigenvalue weighted by Crippen LogP contribution is -2.27. The van der Waals surface area contributed by atoms with Crippen molar-refractivity contribution in [3.05, 3.63) is 108 Å². The van der Waals surface area contributed by atoms with Crippen molar-refractivity contribution in [2.45, 2.75) is 18.1 Å². The van der Waals surface area contributed by atoms with E-state index in [2.05, 4.69) is 90.1 Å². The monoisotopic (exact) mass is 385 g/mol. The molecule has 3 aromatic carbocycles. The molecule has 3 rings (SSSR count). The van der Waals surface area contributed by atoms with Gasteiger partial charge in [-0.2, -0.15) is 0 Å². The smallest absolute Gasteiger partial charge is 0.232 e. The molecule has 0 aliphatic carbocycles. The van der Waals surface area contributed by atoms with Crippen LogP contribution < -0.4 is 5.32 Å². The van der Waals surface area contributed by atoms with Crippen molar-refractivity contribution >= 4 is 17.7 Å². The van der Waals surface area contributed by atoms with E-state index in [-0.39, 0.29) is 10.7 Å². The maximum absolute atomic E-state index is 12.1. The molecule has 0 saturated carbocycles. The fraction of sp³-hybridized carbons (Fsp3) is 0.160. The number of hydrogen-bond acceptors (Lipinski definition) is 2. The highest BCUT2D eigenvalue weighted by Gasteiger charge is 2.36. The molecule has 0 heterocycles. The van der Waals surface area contributed by atoms with Crippen LogP contribution in [-0.4, -0.2) is 11.7 Å². The fourth-order valence-electron chi connectivity index (χ4n) is 3.26. The number of amides is 1. The maximum atomic E-state index is 12.1. The Hall–Kier alpha value is -2.96. The highest BCUT2D eigenvalue weighted by Crippen LogP contribution is 2.48. The Kier molecular flexibility index (Phi) is 6.94. The van der Waals surface area contributed by atoms with Crippen molar-refractivity contribution in [2.24, 2.45) is 0 Å². The minimum atomic E-state index is -0.388. The number of benzene rings is 3. The Morgan fingerprint density at radius 3 is 1.64 bits per heavy atom. The Labute approximate surface area is 171 Å². The lowest BCUT2D eigenvalue weighted by Gasteiger charge is -2.35. The van der Waals surface area contributed by atoms with Crippen molar-refractivity contribution in [1.82, 2.24) is 5.32 Å². The van der Waals surface area contributed by atoms with Crippen molar-refractivity contribution in [2.75, 3.05) is 5.75 Å². The average Bonchev–Trinajstić information content (AvgIpc) is 2.77. The largest absolute Gasteiger partial charge is 0.285 e. The summed E-state index contributed by atoms with van der Waals surface area (Å²) in [5.41, 5.74) is 3.60. The van der Waals surface area contributed by atoms with Crippen LogP contribution in [0.1, 0.15) is 30.0 Å². The molecule has 0 atom stereocenters. The summed E-state index contributed by atoms with van der Waals surface area (Å²) >= 11 is 1.78. The van der Waals surface area contributed by atoms with Crippen LogP contribution in [0.3, 0.4) is 0 Å². The first-order chi connectivity index (χ1) is 13.8. The van der Waals surface area contributed by atoms with Crippen molar-refractivity contribution in [3.63, 3.8) is 0 Å². The molecule has 0 saturated heterocycles. The van der Waals surface area contributed by atoms with Gasteiger partial charge in [0.25, 0.3) is 0 Å². The second-order valence-corrected chi connectivity index (χ2v) is 7.61. The van der Waals surface area contributed by atoms with Gasteiger partial charge in [-0.1, -0.05) is 96.9 Å². The summed E-state index contributed by atoms with van der Waals surface area (Å²) in [6.45, 7) is 1.71. The van der Waals surface area contributed by atoms with E-state index in [9.17, 15) is 4.79 Å². The molecule has 3 heteroatoms. The van der Waals surface area contributed by atoms with Crippen LogP contribution in [0.4, 0.5) is 0 Å². The summed E-state index contributed by atoms with van der Waals surface area (Å²) in [7, 11) is 0. The predicted molar refractivity (Wildman–Crippen MR) is 118 cm³/mol. The zero-order valence-electron chi connectivity index (χ0n) is 15.9. The van der Waals surface area contributed by atoms with E-state index < -0.39 is 0 Å². The standard InChI is InChI=1S/C25H23NOS/c1-2-19-26-24(27)18-20-28-25(21-12-6-3-7-13-21,22-14-8-4-9-15-22)23-16-10-5-11-17-23/h3-17H,18,20H2,1H3,(H,26,27). The molecule has 140 valence electrons. The van der Waals surface area contributed by atoms with E-state index in [0.29, 0.717) is 12.2 Å². The van der Waals surface area contributed by atoms with Gasteiger partial charge in [0.15, 0.2) is 0 Å². The van der Waals surface area contributed by atoms with Gasteiger partial charge in [-0.3, -0.25) is 10.1 Å². The van der Waals surface area contributed by atoms with Crippen LogP contribution in [0.25, 0.3) is 0 Å². The Morgan fingerprint density at radius 1 is 0.821 bits per heavy atom. The Morgan fingerprint density at radius 2 is 1.25 bits per heavy atom. The summed E-state index contributed by atoms with van der Waals surface area (Å²) in [5, 5.41) is 2.62. The van der Waals surface area contributed by atoms with Crippen molar-refractivity contribution in [1.29, 1.82) is 0 Å². The molecule has 0 aliphatic heterocycles. The van der Waals surface area contributed by atoms with Gasteiger partial charge < -0.3 is 0 Å². The van der Waals surface area contributed by atoms with Gasteiger partial charge in [-0.05, 0) is 23.6 Å². The third-order valence-electron chi connectivity index (χ3n) is 4.52. The first-order valence-corrected chi connectivity index (χ1v) is 10.3. The quantitative estimate of drug-likeness (QED) is 0.344. The number of carbonyl (C=O) groups is 1. The van der Waals surface area contributed by atoms with Gasteiger partial charge in [0.2, 0.25) is 5.91 Å². The van der Waals surface area contributed by atoms with Crippen molar-refractivity contribution in [3.8, 4) is 12.0 Å². The first kappa shape index (κ1) is 19.8. The van der Waals surface area contributed by atoms with Crippen LogP contribution in [0, 0.1) is 12.0 Å². The zero-order chi connectivity index (χ0) is 19.7. The van der Waals surface area contributed by atoms with E-state index in [1.807, 2.05) is 18.2 Å². The SMILES string of the molecule is CC#CNC(=O)CCSC(c1ccccc1)(c1ccccc1)c1ccccc1. The number of nitrogens with one attached hydrogen (secondary N) is 1. The van der Waals surface area contributed by atoms with Gasteiger partial charge in [-0.15, -0.1) is 11.8 Å². The molecular weight excluding hydrogens is 362 g/mol. The normalized spacial score (nSPS) is 10.6. The minimum Gasteiger partial charge on any atom is -0.285 e. The zero-order valence-corrected chi connectivity index (χ0v) is 16.7. The number of hydrogen-bond donors (Lipinski definition) is 1. The van der Waals surface area contributed by atoms with Gasteiger partial charge in [0.1, 0.15) is 0 Å². The average molecular weight is 386 g/mol. The lowest BCUT2D eigenvalue weighted by molar-refractivity contribution is -0.119. The highest BCUT2D eigenvalue weighted by atomic mass is 32.2. The predicted octanol–water partition coefficient (Wildman–Crippen LogP) is 5.20. The topological polar surface area (TPSA) is 29.1 Å². The van der Waals surface area contributed by atoms with Gasteiger partial charge in [-0.25, -0.2) is 0 Å². The van der Waals surface area contributed by atoms with E-state index in [4.69, 9.17) is 0 Å². The number of carbonyl (C=O) groups excluding carboxylic acids is 1. The fourth-order valence-corrected chi connectivity index (χ4v) is 4.76. The molecule has 0 spiro atoms. The summed E-state index contributed by atoms with van der Waals surface area (Å²) in [6, 6.07) is 34.1. The number of rotatable bonds is 7. The van der Waals surface area contributed by atoms with Crippen LogP contribution >= 0.6 is 11.8 Å². The first-order valence-electron chi connectivity index (χ1n) is 9.28. The molecule has 0 aromatic heterocycles. The Bertz CT molecular complexity index is 847. The van der Waals surface area contributed by atoms with E-state index >= 15 is 0 Å². The molecule has 1 amide bonds. The number of thioether (sulfide) groups is 1. The second-order valence-electron chi connectivity index (χ2n) is 6.30. The molecule has 0 unspecified atom stereocenters. The molecule has 0 radical (unpaired) electrons. The second kappa shape index (κ2) is 9.82. The molecule has 0 fully saturated rings. The summed E-state index contributed by atoms with van der Waals surface area (Å²) in [4.78, 5) is 12.1. The Balaban J connectivity index is 2.03. The third kappa shape index (κ3) is 4.47. The molecular formula is C25H23NOS. The molecule has 0 bridgehead atoms. The van der Waals surface area contributed by atoms with Crippen LogP contribution in [0.15, 0.2) is 91.0 Å². The van der Waals surface area contributed by atoms with E-state index in [0.717, 1.165) is 0 Å². The molecule has 1 N–H and O–H groups in total. The van der Waals surface area contributed by atoms with Crippen LogP contribution in [0.5, 0.6) is 0 Å². The lowest BCUT2D eigenvalue weighted by atomic mass is 9.84. The summed E-state index contributed by atoms with van der Waals surface area (Å²) in [6.07, 6.45) is 0.410. The van der Waals surface area contributed by atoms with E-state index in [1.54, 1.807) is 18.7 Å². The molecule has 3 aromatic rings. The van der Waals surface area contributed by atoms with Crippen molar-refractivity contribution < 1.29 is 4.79 Å². The van der Waals surface area contributed by atoms with Crippen LogP contribution in [-0.2, 0) is 9.54 Å². The maximum Gasteiger partial charge on any atom is 0.232 e. The van der Waals surface area contributed by atoms with Gasteiger partial charge >= 0.3 is 0 Å². The highest BCUT2D eigenvalue weighted by molar-refractivity contribution is 8.00. The minimum absolute atomic E-state index is 0.0510. The summed E-state index contributed by atoms with van der Waals surface area (Å²) in [5.74, 6) is 3.32. The van der Waals surface area contributed by atoms with Gasteiger partial charge in [0, 0.05) is 18.2 Å². The third-order valence-corrected chi connectivity index (χ3v) is 6.06.